The maximum absolute atomic E-state index is 13.5. The van der Waals surface area contributed by atoms with E-state index in [1.54, 1.807) is 0 Å². The Hall–Kier alpha value is -1.95. The predicted octanol–water partition coefficient (Wildman–Crippen LogP) is 1.86. The van der Waals surface area contributed by atoms with E-state index in [9.17, 15) is 14.0 Å². The van der Waals surface area contributed by atoms with Crippen LogP contribution in [-0.2, 0) is 9.59 Å². The third-order valence-corrected chi connectivity index (χ3v) is 3.40. The first-order valence-electron chi connectivity index (χ1n) is 6.54. The van der Waals surface area contributed by atoms with E-state index in [4.69, 9.17) is 0 Å². The summed E-state index contributed by atoms with van der Waals surface area (Å²) in [6.07, 6.45) is 1.71. The molecule has 0 aromatic heterocycles. The highest BCUT2D eigenvalue weighted by Crippen LogP contribution is 2.23. The first kappa shape index (κ1) is 14.5. The molecule has 1 aromatic rings. The molecule has 5 nitrogen and oxygen atoms in total. The molecule has 108 valence electrons. The van der Waals surface area contributed by atoms with Crippen LogP contribution >= 0.6 is 0 Å². The van der Waals surface area contributed by atoms with Gasteiger partial charge in [-0.05, 0) is 44.5 Å². The standard InChI is InChI=1S/C14H18FN3O2/c1-9(19)17-12-8-10(4-5-11(12)15)18-13(20)14(2)6-3-7-16-14/h4-5,8,16H,3,6-7H2,1-2H3,(H,17,19)(H,18,20). The van der Waals surface area contributed by atoms with Crippen LogP contribution in [0, 0.1) is 5.82 Å². The Morgan fingerprint density at radius 3 is 2.70 bits per heavy atom. The molecule has 0 spiro atoms. The third kappa shape index (κ3) is 3.14. The van der Waals surface area contributed by atoms with Crippen molar-refractivity contribution in [1.82, 2.24) is 5.32 Å². The Bertz CT molecular complexity index is 539. The van der Waals surface area contributed by atoms with Gasteiger partial charge >= 0.3 is 0 Å². The summed E-state index contributed by atoms with van der Waals surface area (Å²) < 4.78 is 13.5. The van der Waals surface area contributed by atoms with Gasteiger partial charge in [0.25, 0.3) is 0 Å². The number of rotatable bonds is 3. The van der Waals surface area contributed by atoms with E-state index >= 15 is 0 Å². The molecular formula is C14H18FN3O2. The van der Waals surface area contributed by atoms with Crippen molar-refractivity contribution in [1.29, 1.82) is 0 Å². The zero-order valence-electron chi connectivity index (χ0n) is 11.5. The average Bonchev–Trinajstić information content (AvgIpc) is 2.81. The Morgan fingerprint density at radius 2 is 2.10 bits per heavy atom. The van der Waals surface area contributed by atoms with Gasteiger partial charge in [-0.1, -0.05) is 0 Å². The number of anilines is 2. The minimum absolute atomic E-state index is 0.0554. The molecule has 1 saturated heterocycles. The number of hydrogen-bond donors (Lipinski definition) is 3. The molecule has 0 aliphatic carbocycles. The van der Waals surface area contributed by atoms with Gasteiger partial charge in [0.2, 0.25) is 11.8 Å². The van der Waals surface area contributed by atoms with Crippen LogP contribution in [0.5, 0.6) is 0 Å². The van der Waals surface area contributed by atoms with Crippen molar-refractivity contribution in [2.45, 2.75) is 32.2 Å². The Kier molecular flexibility index (Phi) is 4.04. The van der Waals surface area contributed by atoms with Crippen molar-refractivity contribution in [2.24, 2.45) is 0 Å². The van der Waals surface area contributed by atoms with Gasteiger partial charge in [0.15, 0.2) is 0 Å². The van der Waals surface area contributed by atoms with E-state index in [0.29, 0.717) is 5.69 Å². The first-order chi connectivity index (χ1) is 9.40. The normalized spacial score (nSPS) is 21.6. The van der Waals surface area contributed by atoms with E-state index in [1.807, 2.05) is 6.92 Å². The summed E-state index contributed by atoms with van der Waals surface area (Å²) in [5.74, 6) is -1.06. The molecule has 0 bridgehead atoms. The molecule has 6 heteroatoms. The molecule has 3 N–H and O–H groups in total. The summed E-state index contributed by atoms with van der Waals surface area (Å²) in [5.41, 5.74) is -0.0855. The first-order valence-corrected chi connectivity index (χ1v) is 6.54. The SMILES string of the molecule is CC(=O)Nc1cc(NC(=O)C2(C)CCCN2)ccc1F. The number of carbonyl (C=O) groups excluding carboxylic acids is 2. The number of benzene rings is 1. The fourth-order valence-corrected chi connectivity index (χ4v) is 2.25. The van der Waals surface area contributed by atoms with Crippen LogP contribution in [0.3, 0.4) is 0 Å². The minimum atomic E-state index is -0.595. The molecule has 1 aliphatic rings. The smallest absolute Gasteiger partial charge is 0.244 e. The van der Waals surface area contributed by atoms with E-state index in [2.05, 4.69) is 16.0 Å². The number of halogens is 1. The topological polar surface area (TPSA) is 70.2 Å². The van der Waals surface area contributed by atoms with E-state index < -0.39 is 11.4 Å². The lowest BCUT2D eigenvalue weighted by Gasteiger charge is -2.23. The summed E-state index contributed by atoms with van der Waals surface area (Å²) in [6.45, 7) is 3.95. The van der Waals surface area contributed by atoms with Crippen molar-refractivity contribution in [2.75, 3.05) is 17.2 Å². The molecule has 20 heavy (non-hydrogen) atoms. The second-order valence-electron chi connectivity index (χ2n) is 5.19. The Balaban J connectivity index is 2.13. The molecule has 2 rings (SSSR count). The van der Waals surface area contributed by atoms with Gasteiger partial charge in [0.1, 0.15) is 5.82 Å². The lowest BCUT2D eigenvalue weighted by molar-refractivity contribution is -0.121. The lowest BCUT2D eigenvalue weighted by atomic mass is 9.99. The van der Waals surface area contributed by atoms with Crippen LogP contribution in [0.15, 0.2) is 18.2 Å². The van der Waals surface area contributed by atoms with E-state index in [1.165, 1.54) is 25.1 Å². The Morgan fingerprint density at radius 1 is 1.35 bits per heavy atom. The molecule has 1 unspecified atom stereocenters. The van der Waals surface area contributed by atoms with Crippen LogP contribution in [0.4, 0.5) is 15.8 Å². The van der Waals surface area contributed by atoms with Gasteiger partial charge in [-0.2, -0.15) is 0 Å². The highest BCUT2D eigenvalue weighted by atomic mass is 19.1. The second-order valence-corrected chi connectivity index (χ2v) is 5.19. The fourth-order valence-electron chi connectivity index (χ4n) is 2.25. The van der Waals surface area contributed by atoms with Crippen LogP contribution < -0.4 is 16.0 Å². The number of carbonyl (C=O) groups is 2. The molecule has 1 heterocycles. The van der Waals surface area contributed by atoms with Crippen molar-refractivity contribution in [3.63, 3.8) is 0 Å². The highest BCUT2D eigenvalue weighted by Gasteiger charge is 2.35. The third-order valence-electron chi connectivity index (χ3n) is 3.40. The minimum Gasteiger partial charge on any atom is -0.324 e. The molecule has 1 aromatic carbocycles. The summed E-state index contributed by atoms with van der Waals surface area (Å²) >= 11 is 0. The number of nitrogens with one attached hydrogen (secondary N) is 3. The van der Waals surface area contributed by atoms with Gasteiger partial charge in [0, 0.05) is 12.6 Å². The number of amides is 2. The Labute approximate surface area is 116 Å². The quantitative estimate of drug-likeness (QED) is 0.791. The van der Waals surface area contributed by atoms with E-state index in [-0.39, 0.29) is 17.5 Å². The molecule has 0 saturated carbocycles. The van der Waals surface area contributed by atoms with Crippen LogP contribution in [0.1, 0.15) is 26.7 Å². The predicted molar refractivity (Wildman–Crippen MR) is 75.0 cm³/mol. The van der Waals surface area contributed by atoms with Crippen molar-refractivity contribution >= 4 is 23.2 Å². The van der Waals surface area contributed by atoms with Gasteiger partial charge in [-0.25, -0.2) is 4.39 Å². The van der Waals surface area contributed by atoms with Crippen molar-refractivity contribution in [3.05, 3.63) is 24.0 Å². The number of hydrogen-bond acceptors (Lipinski definition) is 3. The monoisotopic (exact) mass is 279 g/mol. The second kappa shape index (κ2) is 5.58. The van der Waals surface area contributed by atoms with E-state index in [0.717, 1.165) is 19.4 Å². The largest absolute Gasteiger partial charge is 0.324 e. The van der Waals surface area contributed by atoms with Crippen LogP contribution in [0.25, 0.3) is 0 Å². The maximum atomic E-state index is 13.5. The van der Waals surface area contributed by atoms with Gasteiger partial charge in [-0.15, -0.1) is 0 Å². The zero-order chi connectivity index (χ0) is 14.8. The molecular weight excluding hydrogens is 261 g/mol. The van der Waals surface area contributed by atoms with Crippen molar-refractivity contribution < 1.29 is 14.0 Å². The van der Waals surface area contributed by atoms with Crippen molar-refractivity contribution in [3.8, 4) is 0 Å². The molecule has 1 fully saturated rings. The highest BCUT2D eigenvalue weighted by molar-refractivity contribution is 5.99. The molecule has 1 atom stereocenters. The lowest BCUT2D eigenvalue weighted by Crippen LogP contribution is -2.47. The van der Waals surface area contributed by atoms with Crippen LogP contribution in [0.2, 0.25) is 0 Å². The molecule has 1 aliphatic heterocycles. The summed E-state index contributed by atoms with van der Waals surface area (Å²) in [4.78, 5) is 23.2. The fraction of sp³-hybridized carbons (Fsp3) is 0.429. The zero-order valence-corrected chi connectivity index (χ0v) is 11.5. The van der Waals surface area contributed by atoms with Gasteiger partial charge < -0.3 is 16.0 Å². The maximum Gasteiger partial charge on any atom is 0.244 e. The summed E-state index contributed by atoms with van der Waals surface area (Å²) in [7, 11) is 0. The van der Waals surface area contributed by atoms with Crippen LogP contribution in [-0.4, -0.2) is 23.9 Å². The molecule has 0 radical (unpaired) electrons. The molecule has 2 amide bonds. The summed E-state index contributed by atoms with van der Waals surface area (Å²) in [6, 6.07) is 4.09. The summed E-state index contributed by atoms with van der Waals surface area (Å²) in [5, 5.41) is 8.29. The average molecular weight is 279 g/mol. The van der Waals surface area contributed by atoms with Gasteiger partial charge in [0.05, 0.1) is 11.2 Å². The van der Waals surface area contributed by atoms with Gasteiger partial charge in [-0.3, -0.25) is 9.59 Å².